The molecule has 0 fully saturated rings. The van der Waals surface area contributed by atoms with Crippen molar-refractivity contribution in [3.8, 4) is 34.0 Å². The monoisotopic (exact) mass is 600 g/mol. The third kappa shape index (κ3) is 7.01. The number of carboxylic acids is 1. The van der Waals surface area contributed by atoms with E-state index in [0.717, 1.165) is 50.3 Å². The second-order valence-corrected chi connectivity index (χ2v) is 10.3. The van der Waals surface area contributed by atoms with Crippen LogP contribution >= 0.6 is 22.7 Å². The van der Waals surface area contributed by atoms with Gasteiger partial charge in [0, 0.05) is 35.9 Å². The van der Waals surface area contributed by atoms with E-state index in [1.165, 1.54) is 11.3 Å². The molecule has 4 heterocycles. The second-order valence-electron chi connectivity index (χ2n) is 8.31. The first-order valence-corrected chi connectivity index (χ1v) is 13.7. The van der Waals surface area contributed by atoms with Crippen molar-refractivity contribution < 1.29 is 53.2 Å². The first-order valence-electron chi connectivity index (χ1n) is 12.0. The van der Waals surface area contributed by atoms with Crippen LogP contribution in [-0.2, 0) is 4.74 Å². The van der Waals surface area contributed by atoms with Gasteiger partial charge in [-0.3, -0.25) is 8.80 Å². The Hall–Kier alpha value is -4.12. The first-order chi connectivity index (χ1) is 19.4. The fourth-order valence-corrected chi connectivity index (χ4v) is 5.49. The third-order valence-corrected chi connectivity index (χ3v) is 7.69. The molecule has 11 nitrogen and oxygen atoms in total. The minimum Gasteiger partial charge on any atom is -0.870 e. The zero-order valence-electron chi connectivity index (χ0n) is 23.2. The van der Waals surface area contributed by atoms with Crippen molar-refractivity contribution >= 4 is 44.5 Å². The molecule has 0 saturated heterocycles. The molecule has 2 aromatic carbocycles. The van der Waals surface area contributed by atoms with Crippen molar-refractivity contribution in [2.75, 3.05) is 20.8 Å². The number of fused-ring (bicyclic) bond motifs is 2. The maximum atomic E-state index is 11.7. The number of carboxylic acid groups (broad SMARTS) is 1. The van der Waals surface area contributed by atoms with Crippen molar-refractivity contribution in [1.82, 2.24) is 18.8 Å². The average molecular weight is 601 g/mol. The van der Waals surface area contributed by atoms with Crippen LogP contribution in [0.3, 0.4) is 0 Å². The predicted octanol–water partition coefficient (Wildman–Crippen LogP) is 2.84. The van der Waals surface area contributed by atoms with Crippen LogP contribution < -0.4 is 28.3 Å². The summed E-state index contributed by atoms with van der Waals surface area (Å²) >= 11 is 2.47. The fraction of sp³-hybridized carbons (Fsp3) is 0.143. The van der Waals surface area contributed by atoms with Crippen molar-refractivity contribution in [1.29, 1.82) is 0 Å². The van der Waals surface area contributed by atoms with Gasteiger partial charge in [-0.25, -0.2) is 19.6 Å². The molecule has 0 spiro atoms. The number of rotatable bonds is 7. The molecule has 0 atom stereocenters. The number of imidazole rings is 2. The number of hydrogen-bond donors (Lipinski definition) is 1. The van der Waals surface area contributed by atoms with Gasteiger partial charge in [0.25, 0.3) is 0 Å². The Morgan fingerprint density at radius 2 is 1.29 bits per heavy atom. The number of ether oxygens (including phenoxy) is 3. The van der Waals surface area contributed by atoms with E-state index in [2.05, 4.69) is 9.97 Å². The molecule has 6 aromatic rings. The van der Waals surface area contributed by atoms with Crippen LogP contribution in [0.5, 0.6) is 11.5 Å². The molecule has 2 N–H and O–H groups in total. The number of esters is 1. The van der Waals surface area contributed by atoms with Crippen LogP contribution in [0.2, 0.25) is 0 Å². The number of aromatic nitrogens is 4. The van der Waals surface area contributed by atoms with Crippen LogP contribution in [0.4, 0.5) is 0 Å². The van der Waals surface area contributed by atoms with Crippen molar-refractivity contribution in [3.63, 3.8) is 0 Å². The quantitative estimate of drug-likeness (QED) is 0.216. The van der Waals surface area contributed by atoms with Crippen molar-refractivity contribution in [2.45, 2.75) is 6.92 Å². The Morgan fingerprint density at radius 1 is 0.810 bits per heavy atom. The number of carbonyl (C=O) groups is 2. The molecule has 0 amide bonds. The fourth-order valence-electron chi connectivity index (χ4n) is 3.83. The van der Waals surface area contributed by atoms with E-state index < -0.39 is 5.97 Å². The summed E-state index contributed by atoms with van der Waals surface area (Å²) in [7, 11) is 3.25. The normalized spacial score (nSPS) is 10.3. The zero-order chi connectivity index (χ0) is 28.2. The van der Waals surface area contributed by atoms with Gasteiger partial charge in [0.1, 0.15) is 21.3 Å². The summed E-state index contributed by atoms with van der Waals surface area (Å²) in [6, 6.07) is 15.3. The second kappa shape index (κ2) is 14.2. The van der Waals surface area contributed by atoms with Gasteiger partial charge >= 0.3 is 30.8 Å². The largest absolute Gasteiger partial charge is 1.00 e. The maximum Gasteiger partial charge on any atom is 1.00 e. The summed E-state index contributed by atoms with van der Waals surface area (Å²) in [6.45, 7) is 2.16. The van der Waals surface area contributed by atoms with E-state index in [9.17, 15) is 9.59 Å². The van der Waals surface area contributed by atoms with E-state index in [-0.39, 0.29) is 35.2 Å². The maximum absolute atomic E-state index is 11.7. The number of aromatic carboxylic acids is 1. The minimum absolute atomic E-state index is 0. The van der Waals surface area contributed by atoms with Crippen LogP contribution in [0.1, 0.15) is 26.3 Å². The number of hydrogen-bond acceptors (Lipinski definition) is 10. The molecule has 0 aliphatic carbocycles. The predicted molar refractivity (Wildman–Crippen MR) is 155 cm³/mol. The molecule has 14 heteroatoms. The Balaban J connectivity index is 0.000000221. The summed E-state index contributed by atoms with van der Waals surface area (Å²) in [5.74, 6) is 0.311. The third-order valence-electron chi connectivity index (χ3n) is 5.73. The van der Waals surface area contributed by atoms with Crippen LogP contribution in [0.25, 0.3) is 32.4 Å². The summed E-state index contributed by atoms with van der Waals surface area (Å²) in [6.07, 6.45) is 7.02. The van der Waals surface area contributed by atoms with Gasteiger partial charge in [0.15, 0.2) is 9.92 Å². The number of carbonyl (C=O) groups excluding carboxylic acids is 1. The molecule has 0 bridgehead atoms. The Morgan fingerprint density at radius 3 is 1.71 bits per heavy atom. The number of nitrogens with zero attached hydrogens (tertiary/aromatic N) is 4. The molecule has 6 rings (SSSR count). The molecular weight excluding hydrogens is 575 g/mol. The molecule has 4 aromatic heterocycles. The summed E-state index contributed by atoms with van der Waals surface area (Å²) in [5, 5.41) is 8.91. The van der Waals surface area contributed by atoms with Gasteiger partial charge in [0.05, 0.1) is 32.2 Å². The van der Waals surface area contributed by atoms with Gasteiger partial charge in [-0.2, -0.15) is 0 Å². The zero-order valence-corrected chi connectivity index (χ0v) is 24.8. The average Bonchev–Trinajstić information content (AvgIpc) is 3.73. The SMILES string of the molecule is CCOC(=O)c1cn2cc(-c3cccc(OC)c3)nc2s1.COc1cccc(-c2cn3cc(C(=O)O)sc3n2)c1.[Li+].[OH-]. The molecule has 42 heavy (non-hydrogen) atoms. The number of benzene rings is 2. The van der Waals surface area contributed by atoms with Gasteiger partial charge in [0.2, 0.25) is 0 Å². The van der Waals surface area contributed by atoms with E-state index in [4.69, 9.17) is 19.3 Å². The first kappa shape index (κ1) is 32.4. The minimum atomic E-state index is -0.932. The molecule has 0 aliphatic rings. The van der Waals surface area contributed by atoms with E-state index in [0.29, 0.717) is 16.4 Å². The van der Waals surface area contributed by atoms with E-state index >= 15 is 0 Å². The Labute approximate surface area is 260 Å². The van der Waals surface area contributed by atoms with E-state index in [1.54, 1.807) is 37.9 Å². The molecule has 0 unspecified atom stereocenters. The summed E-state index contributed by atoms with van der Waals surface area (Å²) < 4.78 is 18.9. The summed E-state index contributed by atoms with van der Waals surface area (Å²) in [5.41, 5.74) is 3.55. The molecule has 0 aliphatic heterocycles. The molecular formula is C28H25LiN4O7S2. The van der Waals surface area contributed by atoms with Crippen molar-refractivity contribution in [2.24, 2.45) is 0 Å². The number of methoxy groups -OCH3 is 2. The van der Waals surface area contributed by atoms with Gasteiger partial charge < -0.3 is 24.8 Å². The smallest absolute Gasteiger partial charge is 0.870 e. The van der Waals surface area contributed by atoms with Crippen LogP contribution in [0, 0.1) is 0 Å². The van der Waals surface area contributed by atoms with Crippen LogP contribution in [0.15, 0.2) is 73.3 Å². The van der Waals surface area contributed by atoms with E-state index in [1.807, 2.05) is 65.3 Å². The van der Waals surface area contributed by atoms with Gasteiger partial charge in [-0.1, -0.05) is 46.9 Å². The molecule has 0 radical (unpaired) electrons. The number of thiazole rings is 2. The van der Waals surface area contributed by atoms with Gasteiger partial charge in [-0.05, 0) is 31.2 Å². The standard InChI is InChI=1S/C15H14N2O3S.C13H10N2O3S.Li.H2O/c1-3-20-14(18)13-9-17-8-12(16-15(17)21-13)10-5-4-6-11(7-10)19-2;1-18-9-4-2-3-8(5-9)10-6-15-7-11(12(16)17)19-13(15)14-10;;/h4-9H,3H2,1-2H3;2-7H,1H3,(H,16,17);;1H2/q;;+1;/p-1. The topological polar surface area (TPSA) is 147 Å². The molecule has 0 saturated carbocycles. The molecule has 212 valence electrons. The van der Waals surface area contributed by atoms with Gasteiger partial charge in [-0.15, -0.1) is 0 Å². The van der Waals surface area contributed by atoms with Crippen molar-refractivity contribution in [3.05, 3.63) is 83.1 Å². The summed E-state index contributed by atoms with van der Waals surface area (Å²) in [4.78, 5) is 33.8. The Kier molecular flexibility index (Phi) is 10.9. The van der Waals surface area contributed by atoms with Crippen LogP contribution in [-0.4, -0.2) is 62.1 Å². The Bertz CT molecular complexity index is 1760.